The third-order valence-corrected chi connectivity index (χ3v) is 7.05. The van der Waals surface area contributed by atoms with Gasteiger partial charge in [-0.1, -0.05) is 30.0 Å². The molecule has 2 atom stereocenters. The summed E-state index contributed by atoms with van der Waals surface area (Å²) in [6, 6.07) is 7.50. The lowest BCUT2D eigenvalue weighted by Crippen LogP contribution is -2.87. The van der Waals surface area contributed by atoms with E-state index >= 15 is 0 Å². The maximum Gasteiger partial charge on any atom is 0.375 e. The van der Waals surface area contributed by atoms with Crippen molar-refractivity contribution in [1.82, 2.24) is 5.32 Å². The molecule has 0 radical (unpaired) electrons. The largest absolute Gasteiger partial charge is 0.449 e. The Balaban J connectivity index is 1.30. The lowest BCUT2D eigenvalue weighted by molar-refractivity contribution is -0.485. The second kappa shape index (κ2) is 6.81. The van der Waals surface area contributed by atoms with Gasteiger partial charge in [-0.2, -0.15) is 0 Å². The molecule has 0 unspecified atom stereocenters. The number of ether oxygens (including phenoxy) is 1. The minimum atomic E-state index is -0.532. The molecular formula is C21H21N2O4S+. The summed E-state index contributed by atoms with van der Waals surface area (Å²) in [6.45, 7) is 1.82. The average Bonchev–Trinajstić information content (AvgIpc) is 3.24. The molecule has 6 nitrogen and oxygen atoms in total. The van der Waals surface area contributed by atoms with E-state index in [1.54, 1.807) is 11.8 Å². The topological polar surface area (TPSA) is 82.5 Å². The molecule has 3 aliphatic rings. The Labute approximate surface area is 166 Å². The van der Waals surface area contributed by atoms with Crippen molar-refractivity contribution in [3.05, 3.63) is 46.1 Å². The van der Waals surface area contributed by atoms with E-state index in [2.05, 4.69) is 10.3 Å². The molecule has 144 valence electrons. The number of nitrogens with one attached hydrogen (secondary N) is 2. The number of benzene rings is 1. The summed E-state index contributed by atoms with van der Waals surface area (Å²) in [5, 5.41) is 3.78. The number of amidine groups is 1. The normalized spacial score (nSPS) is 23.9. The molecule has 2 N–H and O–H groups in total. The standard InChI is InChI=1S/C21H20N2O4S/c1-11-12-6-2-4-8-14(12)27-18(11)21(25)26-10-16-22-19(24)17-13-7-3-5-9-15(13)28-20(17)23-16/h2,4,6,8,17,20H,3,5,7,9-10H2,1H3,(H,22,23,24)/p+1/t17-,20-/m1/s1. The SMILES string of the molecule is Cc1c(C(=O)OCC2=[NH+][C@@H]3SC4=C(CCCC4)[C@@H]3C(=O)N2)oc2ccccc12. The van der Waals surface area contributed by atoms with Crippen LogP contribution >= 0.6 is 11.8 Å². The summed E-state index contributed by atoms with van der Waals surface area (Å²) in [7, 11) is 0. The molecule has 0 bridgehead atoms. The first-order chi connectivity index (χ1) is 13.6. The molecule has 0 fully saturated rings. The molecule has 0 saturated carbocycles. The van der Waals surface area contributed by atoms with Gasteiger partial charge >= 0.3 is 11.9 Å². The van der Waals surface area contributed by atoms with Gasteiger partial charge in [-0.3, -0.25) is 4.99 Å². The van der Waals surface area contributed by atoms with Crippen molar-refractivity contribution in [1.29, 1.82) is 0 Å². The van der Waals surface area contributed by atoms with Crippen LogP contribution in [0.3, 0.4) is 0 Å². The fourth-order valence-corrected chi connectivity index (χ4v) is 5.84. The smallest absolute Gasteiger partial charge is 0.375 e. The number of allylic oxidation sites excluding steroid dienone is 1. The van der Waals surface area contributed by atoms with Crippen LogP contribution in [0.1, 0.15) is 41.8 Å². The minimum absolute atomic E-state index is 0.00140. The molecule has 7 heteroatoms. The number of esters is 1. The predicted octanol–water partition coefficient (Wildman–Crippen LogP) is 2.02. The average molecular weight is 397 g/mol. The van der Waals surface area contributed by atoms with E-state index in [4.69, 9.17) is 9.15 Å². The molecule has 1 aliphatic carbocycles. The number of hydrogen-bond donors (Lipinski definition) is 2. The Morgan fingerprint density at radius 2 is 2.14 bits per heavy atom. The van der Waals surface area contributed by atoms with E-state index in [1.807, 2.05) is 31.2 Å². The number of rotatable bonds is 3. The van der Waals surface area contributed by atoms with Gasteiger partial charge in [0.2, 0.25) is 5.76 Å². The van der Waals surface area contributed by atoms with Crippen LogP contribution in [0, 0.1) is 12.8 Å². The fraction of sp³-hybridized carbons (Fsp3) is 0.381. The molecule has 5 rings (SSSR count). The van der Waals surface area contributed by atoms with Crippen LogP contribution < -0.4 is 10.3 Å². The third kappa shape index (κ3) is 2.85. The highest BCUT2D eigenvalue weighted by Crippen LogP contribution is 2.46. The van der Waals surface area contributed by atoms with Crippen LogP contribution in [0.2, 0.25) is 0 Å². The summed E-state index contributed by atoms with van der Waals surface area (Å²) in [5.41, 5.74) is 2.71. The Morgan fingerprint density at radius 3 is 3.00 bits per heavy atom. The van der Waals surface area contributed by atoms with Crippen molar-refractivity contribution in [2.24, 2.45) is 5.92 Å². The molecule has 2 aromatic rings. The third-order valence-electron chi connectivity index (χ3n) is 5.66. The van der Waals surface area contributed by atoms with Crippen molar-refractivity contribution >= 4 is 40.4 Å². The van der Waals surface area contributed by atoms with Crippen molar-refractivity contribution in [2.75, 3.05) is 6.61 Å². The molecule has 1 amide bonds. The zero-order valence-corrected chi connectivity index (χ0v) is 16.4. The Bertz CT molecular complexity index is 1050. The Hall–Kier alpha value is -2.54. The second-order valence-corrected chi connectivity index (χ2v) is 8.65. The van der Waals surface area contributed by atoms with E-state index in [-0.39, 0.29) is 29.6 Å². The molecule has 0 saturated heterocycles. The Kier molecular flexibility index (Phi) is 4.27. The quantitative estimate of drug-likeness (QED) is 0.775. The number of amides is 1. The fourth-order valence-electron chi connectivity index (χ4n) is 4.26. The number of hydrogen-bond acceptors (Lipinski definition) is 5. The second-order valence-electron chi connectivity index (χ2n) is 7.41. The summed E-state index contributed by atoms with van der Waals surface area (Å²) in [6.07, 6.45) is 4.42. The van der Waals surface area contributed by atoms with E-state index in [0.29, 0.717) is 11.4 Å². The van der Waals surface area contributed by atoms with Gasteiger partial charge in [-0.05, 0) is 49.2 Å². The van der Waals surface area contributed by atoms with Crippen molar-refractivity contribution in [3.8, 4) is 0 Å². The van der Waals surface area contributed by atoms with Crippen LogP contribution in [-0.4, -0.2) is 29.7 Å². The van der Waals surface area contributed by atoms with E-state index in [0.717, 1.165) is 30.2 Å². The summed E-state index contributed by atoms with van der Waals surface area (Å²) < 4.78 is 11.1. The minimum Gasteiger partial charge on any atom is -0.449 e. The van der Waals surface area contributed by atoms with Crippen molar-refractivity contribution in [3.63, 3.8) is 0 Å². The molecule has 0 spiro atoms. The van der Waals surface area contributed by atoms with Crippen LogP contribution in [0.25, 0.3) is 11.0 Å². The van der Waals surface area contributed by atoms with E-state index in [9.17, 15) is 9.59 Å². The van der Waals surface area contributed by atoms with Gasteiger partial charge in [0, 0.05) is 10.9 Å². The van der Waals surface area contributed by atoms with Gasteiger partial charge in [0.25, 0.3) is 5.84 Å². The zero-order valence-electron chi connectivity index (χ0n) is 15.5. The zero-order chi connectivity index (χ0) is 19.3. The highest BCUT2D eigenvalue weighted by molar-refractivity contribution is 8.03. The first-order valence-electron chi connectivity index (χ1n) is 9.59. The predicted molar refractivity (Wildman–Crippen MR) is 106 cm³/mol. The van der Waals surface area contributed by atoms with E-state index in [1.165, 1.54) is 16.9 Å². The van der Waals surface area contributed by atoms with E-state index < -0.39 is 5.97 Å². The number of fused-ring (bicyclic) bond motifs is 3. The van der Waals surface area contributed by atoms with Gasteiger partial charge in [0.05, 0.1) is 0 Å². The summed E-state index contributed by atoms with van der Waals surface area (Å²) in [5.74, 6) is 0.0808. The highest BCUT2D eigenvalue weighted by Gasteiger charge is 2.47. The monoisotopic (exact) mass is 397 g/mol. The van der Waals surface area contributed by atoms with Gasteiger partial charge in [-0.25, -0.2) is 14.9 Å². The molecule has 1 aromatic carbocycles. The number of furan rings is 1. The van der Waals surface area contributed by atoms with Crippen LogP contribution in [0.15, 0.2) is 39.2 Å². The first kappa shape index (κ1) is 17.6. The number of aryl methyl sites for hydroxylation is 1. The van der Waals surface area contributed by atoms with Gasteiger partial charge in [-0.15, -0.1) is 0 Å². The lowest BCUT2D eigenvalue weighted by Gasteiger charge is -2.20. The number of para-hydroxylation sites is 1. The Morgan fingerprint density at radius 1 is 1.32 bits per heavy atom. The van der Waals surface area contributed by atoms with Gasteiger partial charge < -0.3 is 9.15 Å². The van der Waals surface area contributed by atoms with Crippen LogP contribution in [0.5, 0.6) is 0 Å². The number of thioether (sulfide) groups is 1. The summed E-state index contributed by atoms with van der Waals surface area (Å²) in [4.78, 5) is 29.9. The number of carbonyl (C=O) groups is 2. The van der Waals surface area contributed by atoms with Gasteiger partial charge in [0.15, 0.2) is 12.0 Å². The van der Waals surface area contributed by atoms with Crippen molar-refractivity contribution in [2.45, 2.75) is 38.0 Å². The maximum atomic E-state index is 12.6. The molecular weight excluding hydrogens is 376 g/mol. The van der Waals surface area contributed by atoms with Crippen LogP contribution in [-0.2, 0) is 9.53 Å². The van der Waals surface area contributed by atoms with Crippen LogP contribution in [0.4, 0.5) is 0 Å². The molecule has 3 heterocycles. The molecule has 28 heavy (non-hydrogen) atoms. The first-order valence-corrected chi connectivity index (χ1v) is 10.5. The van der Waals surface area contributed by atoms with Gasteiger partial charge in [0.1, 0.15) is 11.5 Å². The maximum absolute atomic E-state index is 12.6. The molecule has 1 aromatic heterocycles. The lowest BCUT2D eigenvalue weighted by atomic mass is 9.88. The summed E-state index contributed by atoms with van der Waals surface area (Å²) >= 11 is 1.75. The highest BCUT2D eigenvalue weighted by atomic mass is 32.2. The molecule has 2 aliphatic heterocycles. The number of carbonyl (C=O) groups excluding carboxylic acids is 2. The van der Waals surface area contributed by atoms with Crippen molar-refractivity contribution < 1.29 is 23.7 Å².